The van der Waals surface area contributed by atoms with Crippen molar-refractivity contribution >= 4 is 54.5 Å². The molecular formula is C42H36N2O. The predicted octanol–water partition coefficient (Wildman–Crippen LogP) is 11.8. The van der Waals surface area contributed by atoms with Crippen LogP contribution in [0.4, 0.5) is 0 Å². The number of furan rings is 1. The molecule has 0 unspecified atom stereocenters. The molecule has 0 spiro atoms. The third-order valence-corrected chi connectivity index (χ3v) is 9.21. The second-order valence-electron chi connectivity index (χ2n) is 14.4. The fourth-order valence-corrected chi connectivity index (χ4v) is 6.56. The topological polar surface area (TPSA) is 38.9 Å². The number of para-hydroxylation sites is 1. The van der Waals surface area contributed by atoms with E-state index in [0.29, 0.717) is 0 Å². The lowest BCUT2D eigenvalue weighted by molar-refractivity contribution is 0.590. The SMILES string of the molecule is CC(C)(C)c1ccc2c(c1)c1cc(C(C)(C)C)ccc1c1nc(-c3cccc(-c4ccc5oc6ccccc6c5c4)c3)cnc21. The van der Waals surface area contributed by atoms with E-state index >= 15 is 0 Å². The Morgan fingerprint density at radius 2 is 1.09 bits per heavy atom. The largest absolute Gasteiger partial charge is 0.456 e. The smallest absolute Gasteiger partial charge is 0.135 e. The van der Waals surface area contributed by atoms with Crippen LogP contribution in [0.1, 0.15) is 52.7 Å². The van der Waals surface area contributed by atoms with E-state index in [9.17, 15) is 0 Å². The first-order valence-electron chi connectivity index (χ1n) is 15.7. The summed E-state index contributed by atoms with van der Waals surface area (Å²) in [7, 11) is 0. The van der Waals surface area contributed by atoms with Crippen LogP contribution in [0.15, 0.2) is 114 Å². The highest BCUT2D eigenvalue weighted by molar-refractivity contribution is 6.23. The average Bonchev–Trinajstić information content (AvgIpc) is 3.41. The van der Waals surface area contributed by atoms with E-state index < -0.39 is 0 Å². The Hall–Kier alpha value is -5.02. The molecule has 3 nitrogen and oxygen atoms in total. The van der Waals surface area contributed by atoms with Crippen molar-refractivity contribution in [3.63, 3.8) is 0 Å². The number of benzene rings is 6. The maximum atomic E-state index is 6.07. The van der Waals surface area contributed by atoms with Crippen LogP contribution in [-0.4, -0.2) is 9.97 Å². The van der Waals surface area contributed by atoms with Gasteiger partial charge in [0.15, 0.2) is 0 Å². The van der Waals surface area contributed by atoms with Crippen molar-refractivity contribution in [3.8, 4) is 22.4 Å². The second-order valence-corrected chi connectivity index (χ2v) is 14.4. The fraction of sp³-hybridized carbons (Fsp3) is 0.190. The maximum absolute atomic E-state index is 6.07. The highest BCUT2D eigenvalue weighted by Crippen LogP contribution is 2.39. The molecule has 8 rings (SSSR count). The van der Waals surface area contributed by atoms with Gasteiger partial charge in [0, 0.05) is 27.1 Å². The van der Waals surface area contributed by atoms with E-state index in [1.54, 1.807) is 0 Å². The van der Waals surface area contributed by atoms with Crippen molar-refractivity contribution in [3.05, 3.63) is 120 Å². The molecule has 0 bridgehead atoms. The van der Waals surface area contributed by atoms with E-state index in [4.69, 9.17) is 14.4 Å². The van der Waals surface area contributed by atoms with Crippen molar-refractivity contribution in [2.24, 2.45) is 0 Å². The van der Waals surface area contributed by atoms with Crippen molar-refractivity contribution in [1.29, 1.82) is 0 Å². The zero-order chi connectivity index (χ0) is 31.1. The van der Waals surface area contributed by atoms with Crippen LogP contribution in [0.3, 0.4) is 0 Å². The van der Waals surface area contributed by atoms with Crippen LogP contribution in [0, 0.1) is 0 Å². The quantitative estimate of drug-likeness (QED) is 0.190. The molecule has 0 aliphatic carbocycles. The van der Waals surface area contributed by atoms with Crippen LogP contribution in [0.25, 0.3) is 76.9 Å². The minimum atomic E-state index is 0.0385. The Morgan fingerprint density at radius 3 is 1.80 bits per heavy atom. The molecule has 0 atom stereocenters. The van der Waals surface area contributed by atoms with Crippen LogP contribution in [-0.2, 0) is 10.8 Å². The van der Waals surface area contributed by atoms with Gasteiger partial charge in [0.05, 0.1) is 22.9 Å². The molecule has 0 amide bonds. The van der Waals surface area contributed by atoms with Gasteiger partial charge in [-0.15, -0.1) is 0 Å². The van der Waals surface area contributed by atoms with Crippen molar-refractivity contribution in [2.75, 3.05) is 0 Å². The molecule has 0 aliphatic rings. The molecule has 3 heteroatoms. The van der Waals surface area contributed by atoms with Gasteiger partial charge in [-0.2, -0.15) is 0 Å². The second kappa shape index (κ2) is 9.74. The molecule has 2 heterocycles. The van der Waals surface area contributed by atoms with Crippen LogP contribution in [0.5, 0.6) is 0 Å². The highest BCUT2D eigenvalue weighted by atomic mass is 16.3. The molecular weight excluding hydrogens is 548 g/mol. The van der Waals surface area contributed by atoms with E-state index in [2.05, 4.69) is 133 Å². The summed E-state index contributed by atoms with van der Waals surface area (Å²) in [4.78, 5) is 10.4. The van der Waals surface area contributed by atoms with Gasteiger partial charge in [0.25, 0.3) is 0 Å². The van der Waals surface area contributed by atoms with E-state index in [-0.39, 0.29) is 10.8 Å². The van der Waals surface area contributed by atoms with Crippen LogP contribution in [0.2, 0.25) is 0 Å². The molecule has 2 aromatic heterocycles. The van der Waals surface area contributed by atoms with Gasteiger partial charge in [-0.1, -0.05) is 108 Å². The first-order valence-corrected chi connectivity index (χ1v) is 15.7. The van der Waals surface area contributed by atoms with Crippen molar-refractivity contribution in [1.82, 2.24) is 9.97 Å². The number of rotatable bonds is 2. The average molecular weight is 585 g/mol. The fourth-order valence-electron chi connectivity index (χ4n) is 6.56. The number of hydrogen-bond acceptors (Lipinski definition) is 3. The number of nitrogens with zero attached hydrogens (tertiary/aromatic N) is 2. The molecule has 0 fully saturated rings. The lowest BCUT2D eigenvalue weighted by Crippen LogP contribution is -2.11. The molecule has 45 heavy (non-hydrogen) atoms. The summed E-state index contributed by atoms with van der Waals surface area (Å²) in [6, 6.07) is 37.0. The summed E-state index contributed by atoms with van der Waals surface area (Å²) < 4.78 is 6.07. The Kier molecular flexibility index (Phi) is 5.96. The minimum Gasteiger partial charge on any atom is -0.456 e. The molecule has 0 saturated carbocycles. The summed E-state index contributed by atoms with van der Waals surface area (Å²) in [6.45, 7) is 13.6. The van der Waals surface area contributed by atoms with E-state index in [1.807, 2.05) is 18.3 Å². The van der Waals surface area contributed by atoms with Gasteiger partial charge in [-0.3, -0.25) is 4.98 Å². The molecule has 220 valence electrons. The van der Waals surface area contributed by atoms with Crippen LogP contribution >= 0.6 is 0 Å². The van der Waals surface area contributed by atoms with Gasteiger partial charge in [-0.25, -0.2) is 4.98 Å². The van der Waals surface area contributed by atoms with E-state index in [1.165, 1.54) is 21.9 Å². The molecule has 0 radical (unpaired) electrons. The normalized spacial score (nSPS) is 12.7. The Bertz CT molecular complexity index is 2450. The molecule has 8 aromatic rings. The number of hydrogen-bond donors (Lipinski definition) is 0. The lowest BCUT2D eigenvalue weighted by Gasteiger charge is -2.22. The Labute approximate surface area is 263 Å². The summed E-state index contributed by atoms with van der Waals surface area (Å²) >= 11 is 0. The Balaban J connectivity index is 1.31. The first kappa shape index (κ1) is 27.5. The lowest BCUT2D eigenvalue weighted by atomic mass is 9.83. The van der Waals surface area contributed by atoms with Gasteiger partial charge in [-0.05, 0) is 80.3 Å². The first-order chi connectivity index (χ1) is 21.5. The zero-order valence-corrected chi connectivity index (χ0v) is 26.7. The van der Waals surface area contributed by atoms with Crippen molar-refractivity contribution in [2.45, 2.75) is 52.4 Å². The summed E-state index contributed by atoms with van der Waals surface area (Å²) in [6.07, 6.45) is 1.93. The highest BCUT2D eigenvalue weighted by Gasteiger charge is 2.20. The minimum absolute atomic E-state index is 0.0385. The third kappa shape index (κ3) is 4.57. The number of fused-ring (bicyclic) bond motifs is 9. The summed E-state index contributed by atoms with van der Waals surface area (Å²) in [5, 5.41) is 7.01. The standard InChI is InChI=1S/C42H36N2O/c1-41(2,3)28-15-17-31-33(22-28)34-23-29(42(4,5)6)16-18-32(34)40-39(31)43-24-36(44-40)27-11-9-10-25(20-27)26-14-19-38-35(21-26)30-12-7-8-13-37(30)45-38/h7-24H,1-6H3. The van der Waals surface area contributed by atoms with Gasteiger partial charge in [0.2, 0.25) is 0 Å². The van der Waals surface area contributed by atoms with Gasteiger partial charge in [0.1, 0.15) is 11.2 Å². The molecule has 0 aliphatic heterocycles. The third-order valence-electron chi connectivity index (χ3n) is 9.21. The van der Waals surface area contributed by atoms with Crippen molar-refractivity contribution < 1.29 is 4.42 Å². The zero-order valence-electron chi connectivity index (χ0n) is 26.7. The predicted molar refractivity (Wildman–Crippen MR) is 190 cm³/mol. The number of aromatic nitrogens is 2. The summed E-state index contributed by atoms with van der Waals surface area (Å²) in [5.74, 6) is 0. The maximum Gasteiger partial charge on any atom is 0.135 e. The van der Waals surface area contributed by atoms with E-state index in [0.717, 1.165) is 66.1 Å². The molecule has 6 aromatic carbocycles. The van der Waals surface area contributed by atoms with Crippen LogP contribution < -0.4 is 0 Å². The molecule has 0 N–H and O–H groups in total. The van der Waals surface area contributed by atoms with Gasteiger partial charge >= 0.3 is 0 Å². The molecule has 0 saturated heterocycles. The Morgan fingerprint density at radius 1 is 0.467 bits per heavy atom. The van der Waals surface area contributed by atoms with Gasteiger partial charge < -0.3 is 4.42 Å². The summed E-state index contributed by atoms with van der Waals surface area (Å²) in [5.41, 5.74) is 10.6. The monoisotopic (exact) mass is 584 g/mol.